The molecule has 0 aromatic rings. The lowest BCUT2D eigenvalue weighted by atomic mass is 9.77. The molecule has 1 fully saturated rings. The van der Waals surface area contributed by atoms with Gasteiger partial charge in [0.1, 0.15) is 0 Å². The van der Waals surface area contributed by atoms with Crippen LogP contribution in [0.1, 0.15) is 46.0 Å². The molecule has 3 heteroatoms. The standard InChI is InChI=1S/C15H32N2S/c1-5-12-7-8-15(16)13(9-12)10-17(3)14(6-2)11-18-4/h12-15H,5-11,16H2,1-4H3. The number of hydrogen-bond donors (Lipinski definition) is 1. The van der Waals surface area contributed by atoms with Gasteiger partial charge in [-0.05, 0) is 50.8 Å². The van der Waals surface area contributed by atoms with Gasteiger partial charge in [-0.15, -0.1) is 0 Å². The highest BCUT2D eigenvalue weighted by Gasteiger charge is 2.29. The van der Waals surface area contributed by atoms with E-state index in [1.54, 1.807) is 0 Å². The lowest BCUT2D eigenvalue weighted by molar-refractivity contribution is 0.148. The van der Waals surface area contributed by atoms with E-state index >= 15 is 0 Å². The van der Waals surface area contributed by atoms with Crippen molar-refractivity contribution in [3.05, 3.63) is 0 Å². The Kier molecular flexibility index (Phi) is 7.66. The Morgan fingerprint density at radius 2 is 2.06 bits per heavy atom. The number of rotatable bonds is 7. The maximum absolute atomic E-state index is 6.33. The van der Waals surface area contributed by atoms with Gasteiger partial charge in [0.2, 0.25) is 0 Å². The quantitative estimate of drug-likeness (QED) is 0.771. The van der Waals surface area contributed by atoms with Gasteiger partial charge in [0, 0.05) is 24.4 Å². The van der Waals surface area contributed by atoms with Crippen LogP contribution >= 0.6 is 11.8 Å². The number of hydrogen-bond acceptors (Lipinski definition) is 3. The topological polar surface area (TPSA) is 29.3 Å². The first-order chi connectivity index (χ1) is 8.62. The van der Waals surface area contributed by atoms with E-state index in [-0.39, 0.29) is 0 Å². The Balaban J connectivity index is 2.47. The summed E-state index contributed by atoms with van der Waals surface area (Å²) >= 11 is 1.96. The molecule has 0 spiro atoms. The largest absolute Gasteiger partial charge is 0.327 e. The third-order valence-electron chi connectivity index (χ3n) is 4.70. The van der Waals surface area contributed by atoms with Crippen molar-refractivity contribution in [2.45, 2.75) is 58.0 Å². The smallest absolute Gasteiger partial charge is 0.0180 e. The van der Waals surface area contributed by atoms with Crippen LogP contribution in [0.4, 0.5) is 0 Å². The molecule has 0 radical (unpaired) electrons. The predicted molar refractivity (Wildman–Crippen MR) is 84.2 cm³/mol. The summed E-state index contributed by atoms with van der Waals surface area (Å²) in [6, 6.07) is 1.15. The van der Waals surface area contributed by atoms with Crippen molar-refractivity contribution in [2.24, 2.45) is 17.6 Å². The van der Waals surface area contributed by atoms with Crippen molar-refractivity contribution in [3.8, 4) is 0 Å². The monoisotopic (exact) mass is 272 g/mol. The van der Waals surface area contributed by atoms with Gasteiger partial charge in [0.05, 0.1) is 0 Å². The summed E-state index contributed by atoms with van der Waals surface area (Å²) < 4.78 is 0. The molecule has 1 aliphatic rings. The molecule has 108 valence electrons. The van der Waals surface area contributed by atoms with E-state index in [9.17, 15) is 0 Å². The summed E-state index contributed by atoms with van der Waals surface area (Å²) in [6.45, 7) is 5.81. The number of thioether (sulfide) groups is 1. The normalized spacial score (nSPS) is 30.7. The lowest BCUT2D eigenvalue weighted by Gasteiger charge is -2.38. The fourth-order valence-electron chi connectivity index (χ4n) is 3.23. The van der Waals surface area contributed by atoms with Crippen molar-refractivity contribution < 1.29 is 0 Å². The molecule has 1 aliphatic carbocycles. The third-order valence-corrected chi connectivity index (χ3v) is 5.42. The second kappa shape index (κ2) is 8.44. The second-order valence-electron chi connectivity index (χ2n) is 5.97. The second-order valence-corrected chi connectivity index (χ2v) is 6.88. The fourth-order valence-corrected chi connectivity index (χ4v) is 4.11. The van der Waals surface area contributed by atoms with Crippen LogP contribution in [0.2, 0.25) is 0 Å². The van der Waals surface area contributed by atoms with Crippen LogP contribution in [0, 0.1) is 11.8 Å². The average Bonchev–Trinajstić information content (AvgIpc) is 2.38. The van der Waals surface area contributed by atoms with Crippen LogP contribution in [-0.4, -0.2) is 42.6 Å². The molecule has 0 bridgehead atoms. The molecule has 4 atom stereocenters. The fraction of sp³-hybridized carbons (Fsp3) is 1.00. The van der Waals surface area contributed by atoms with Gasteiger partial charge in [-0.1, -0.05) is 20.3 Å². The summed E-state index contributed by atoms with van der Waals surface area (Å²) in [6.07, 6.45) is 8.70. The Morgan fingerprint density at radius 3 is 2.61 bits per heavy atom. The molecule has 2 N–H and O–H groups in total. The van der Waals surface area contributed by atoms with Crippen LogP contribution in [-0.2, 0) is 0 Å². The van der Waals surface area contributed by atoms with Gasteiger partial charge in [-0.2, -0.15) is 11.8 Å². The molecule has 4 unspecified atom stereocenters. The summed E-state index contributed by atoms with van der Waals surface area (Å²) in [5.74, 6) is 2.88. The van der Waals surface area contributed by atoms with Crippen molar-refractivity contribution in [3.63, 3.8) is 0 Å². The van der Waals surface area contributed by atoms with Crippen molar-refractivity contribution in [1.29, 1.82) is 0 Å². The van der Waals surface area contributed by atoms with Crippen LogP contribution in [0.15, 0.2) is 0 Å². The van der Waals surface area contributed by atoms with Gasteiger partial charge in [0.15, 0.2) is 0 Å². The molecule has 0 saturated heterocycles. The zero-order chi connectivity index (χ0) is 13.5. The lowest BCUT2D eigenvalue weighted by Crippen LogP contribution is -2.45. The molecular formula is C15H32N2S. The molecule has 2 nitrogen and oxygen atoms in total. The van der Waals surface area contributed by atoms with E-state index in [1.807, 2.05) is 11.8 Å². The van der Waals surface area contributed by atoms with E-state index in [2.05, 4.69) is 32.1 Å². The molecular weight excluding hydrogens is 240 g/mol. The van der Waals surface area contributed by atoms with E-state index in [0.29, 0.717) is 18.0 Å². The van der Waals surface area contributed by atoms with Crippen molar-refractivity contribution >= 4 is 11.8 Å². The maximum atomic E-state index is 6.33. The summed E-state index contributed by atoms with van der Waals surface area (Å²) in [4.78, 5) is 2.55. The Labute approximate surface area is 118 Å². The number of nitrogens with two attached hydrogens (primary N) is 1. The Morgan fingerprint density at radius 1 is 1.33 bits per heavy atom. The summed E-state index contributed by atoms with van der Waals surface area (Å²) in [7, 11) is 2.28. The first-order valence-electron chi connectivity index (χ1n) is 7.57. The van der Waals surface area contributed by atoms with Crippen LogP contribution < -0.4 is 5.73 Å². The number of nitrogens with zero attached hydrogens (tertiary/aromatic N) is 1. The molecule has 0 heterocycles. The molecule has 1 saturated carbocycles. The van der Waals surface area contributed by atoms with Crippen molar-refractivity contribution in [1.82, 2.24) is 4.90 Å². The maximum Gasteiger partial charge on any atom is 0.0180 e. The minimum atomic E-state index is 0.432. The highest BCUT2D eigenvalue weighted by molar-refractivity contribution is 7.98. The predicted octanol–water partition coefficient (Wildman–Crippen LogP) is 3.21. The van der Waals surface area contributed by atoms with E-state index in [0.717, 1.165) is 5.92 Å². The van der Waals surface area contributed by atoms with Gasteiger partial charge in [-0.25, -0.2) is 0 Å². The molecule has 0 amide bonds. The van der Waals surface area contributed by atoms with E-state index in [1.165, 1.54) is 44.4 Å². The zero-order valence-corrected chi connectivity index (χ0v) is 13.5. The Hall–Kier alpha value is 0.270. The van der Waals surface area contributed by atoms with Gasteiger partial charge >= 0.3 is 0 Å². The average molecular weight is 273 g/mol. The molecule has 1 rings (SSSR count). The minimum absolute atomic E-state index is 0.432. The van der Waals surface area contributed by atoms with E-state index in [4.69, 9.17) is 5.73 Å². The first-order valence-corrected chi connectivity index (χ1v) is 8.96. The van der Waals surface area contributed by atoms with Crippen LogP contribution in [0.5, 0.6) is 0 Å². The van der Waals surface area contributed by atoms with Gasteiger partial charge in [0.25, 0.3) is 0 Å². The molecule has 0 aromatic carbocycles. The first kappa shape index (κ1) is 16.3. The van der Waals surface area contributed by atoms with Crippen molar-refractivity contribution in [2.75, 3.05) is 25.6 Å². The highest BCUT2D eigenvalue weighted by Crippen LogP contribution is 2.31. The van der Waals surface area contributed by atoms with Crippen LogP contribution in [0.3, 0.4) is 0 Å². The third kappa shape index (κ3) is 4.75. The SMILES string of the molecule is CCC1CCC(N)C(CN(C)C(CC)CSC)C1. The van der Waals surface area contributed by atoms with E-state index < -0.39 is 0 Å². The summed E-state index contributed by atoms with van der Waals surface area (Å²) in [5.41, 5.74) is 6.33. The Bertz CT molecular complexity index is 223. The van der Waals surface area contributed by atoms with Crippen LogP contribution in [0.25, 0.3) is 0 Å². The molecule has 0 aromatic heterocycles. The van der Waals surface area contributed by atoms with Gasteiger partial charge < -0.3 is 10.6 Å². The van der Waals surface area contributed by atoms with Gasteiger partial charge in [-0.3, -0.25) is 0 Å². The zero-order valence-electron chi connectivity index (χ0n) is 12.7. The highest BCUT2D eigenvalue weighted by atomic mass is 32.2. The molecule has 18 heavy (non-hydrogen) atoms. The minimum Gasteiger partial charge on any atom is -0.327 e. The molecule has 0 aliphatic heterocycles. The summed E-state index contributed by atoms with van der Waals surface area (Å²) in [5, 5.41) is 0.